The third-order valence-electron chi connectivity index (χ3n) is 1.41. The molecule has 0 N–H and O–H groups in total. The molecule has 0 unspecified atom stereocenters. The molecule has 0 aliphatic rings. The van der Waals surface area contributed by atoms with Crippen molar-refractivity contribution in [2.45, 2.75) is 13.3 Å². The molecule has 0 radical (unpaired) electrons. The molecule has 0 saturated heterocycles. The van der Waals surface area contributed by atoms with E-state index in [-0.39, 0.29) is 0 Å². The standard InChI is InChI=1S/C9H11OPS/c1-2-7-10-8-3-5-9(11-12)6-4-8/h3-6H,2,7H2,1H3. The van der Waals surface area contributed by atoms with Crippen LogP contribution in [0.5, 0.6) is 5.75 Å². The quantitative estimate of drug-likeness (QED) is 0.687. The van der Waals surface area contributed by atoms with Crippen LogP contribution in [0.4, 0.5) is 0 Å². The maximum absolute atomic E-state index is 5.42. The summed E-state index contributed by atoms with van der Waals surface area (Å²) < 4.78 is 5.42. The molecule has 0 aromatic heterocycles. The minimum Gasteiger partial charge on any atom is -0.494 e. The van der Waals surface area contributed by atoms with E-state index in [0.717, 1.165) is 31.4 Å². The van der Waals surface area contributed by atoms with Crippen LogP contribution in [0.25, 0.3) is 0 Å². The van der Waals surface area contributed by atoms with E-state index in [0.29, 0.717) is 0 Å². The first kappa shape index (κ1) is 9.63. The Morgan fingerprint density at radius 2 is 2.00 bits per heavy atom. The fourth-order valence-electron chi connectivity index (χ4n) is 0.823. The molecule has 3 heteroatoms. The van der Waals surface area contributed by atoms with Crippen molar-refractivity contribution < 1.29 is 4.74 Å². The van der Waals surface area contributed by atoms with Crippen molar-refractivity contribution in [3.63, 3.8) is 0 Å². The van der Waals surface area contributed by atoms with Crippen LogP contribution < -0.4 is 10.0 Å². The highest BCUT2D eigenvalue weighted by Crippen LogP contribution is 2.09. The topological polar surface area (TPSA) is 9.23 Å². The summed E-state index contributed by atoms with van der Waals surface area (Å²) >= 11 is 4.88. The molecule has 0 amide bonds. The zero-order valence-electron chi connectivity index (χ0n) is 6.99. The molecule has 1 rings (SSSR count). The van der Waals surface area contributed by atoms with E-state index in [4.69, 9.17) is 16.5 Å². The van der Waals surface area contributed by atoms with Crippen LogP contribution in [0.1, 0.15) is 13.3 Å². The van der Waals surface area contributed by atoms with Gasteiger partial charge in [0.05, 0.1) is 6.61 Å². The first-order valence-electron chi connectivity index (χ1n) is 3.93. The first-order chi connectivity index (χ1) is 5.86. The smallest absolute Gasteiger partial charge is 0.119 e. The molecule has 0 aliphatic heterocycles. The van der Waals surface area contributed by atoms with Gasteiger partial charge in [-0.25, -0.2) is 0 Å². The van der Waals surface area contributed by atoms with Crippen molar-refractivity contribution in [2.75, 3.05) is 6.61 Å². The molecule has 1 aromatic rings. The van der Waals surface area contributed by atoms with Gasteiger partial charge in [0.1, 0.15) is 5.75 Å². The molecule has 0 heterocycles. The minimum atomic E-state index is 0.783. The molecule has 1 aromatic carbocycles. The van der Waals surface area contributed by atoms with Crippen molar-refractivity contribution in [1.29, 1.82) is 0 Å². The SMILES string of the molecule is CCCOc1ccc(P=S)cc1. The monoisotopic (exact) mass is 198 g/mol. The van der Waals surface area contributed by atoms with Crippen LogP contribution in [0.2, 0.25) is 0 Å². The fourth-order valence-corrected chi connectivity index (χ4v) is 1.46. The summed E-state index contributed by atoms with van der Waals surface area (Å²) in [6, 6.07) is 7.92. The zero-order chi connectivity index (χ0) is 8.81. The van der Waals surface area contributed by atoms with E-state index in [2.05, 4.69) is 6.92 Å². The van der Waals surface area contributed by atoms with Crippen LogP contribution in [-0.4, -0.2) is 6.61 Å². The van der Waals surface area contributed by atoms with E-state index in [1.165, 1.54) is 0 Å². The van der Waals surface area contributed by atoms with Gasteiger partial charge in [-0.05, 0) is 30.7 Å². The summed E-state index contributed by atoms with van der Waals surface area (Å²) in [5.41, 5.74) is 0. The van der Waals surface area contributed by atoms with Crippen LogP contribution >= 0.6 is 7.36 Å². The largest absolute Gasteiger partial charge is 0.494 e. The van der Waals surface area contributed by atoms with Crippen molar-refractivity contribution >= 4 is 24.5 Å². The van der Waals surface area contributed by atoms with Gasteiger partial charge in [0.2, 0.25) is 0 Å². The van der Waals surface area contributed by atoms with Gasteiger partial charge in [-0.2, -0.15) is 0 Å². The summed E-state index contributed by atoms with van der Waals surface area (Å²) in [5, 5.41) is 1.15. The van der Waals surface area contributed by atoms with Gasteiger partial charge in [-0.3, -0.25) is 0 Å². The Balaban J connectivity index is 2.58. The van der Waals surface area contributed by atoms with Crippen molar-refractivity contribution in [1.82, 2.24) is 0 Å². The Kier molecular flexibility index (Phi) is 4.20. The molecule has 0 bridgehead atoms. The Hall–Kier alpha value is -0.460. The van der Waals surface area contributed by atoms with Crippen molar-refractivity contribution in [2.24, 2.45) is 0 Å². The maximum atomic E-state index is 5.42. The summed E-state index contributed by atoms with van der Waals surface area (Å²) in [4.78, 5) is 0. The predicted octanol–water partition coefficient (Wildman–Crippen LogP) is 2.51. The average molecular weight is 198 g/mol. The van der Waals surface area contributed by atoms with E-state index in [9.17, 15) is 0 Å². The third kappa shape index (κ3) is 2.88. The van der Waals surface area contributed by atoms with Gasteiger partial charge in [0, 0.05) is 12.7 Å². The molecule has 0 saturated carbocycles. The molecule has 0 fully saturated rings. The highest BCUT2D eigenvalue weighted by atomic mass is 32.4. The maximum Gasteiger partial charge on any atom is 0.119 e. The third-order valence-corrected chi connectivity index (χ3v) is 2.56. The fraction of sp³-hybridized carbons (Fsp3) is 0.333. The Morgan fingerprint density at radius 1 is 1.33 bits per heavy atom. The lowest BCUT2D eigenvalue weighted by Gasteiger charge is -2.03. The van der Waals surface area contributed by atoms with Gasteiger partial charge in [0.15, 0.2) is 0 Å². The van der Waals surface area contributed by atoms with E-state index < -0.39 is 0 Å². The molecule has 0 aliphatic carbocycles. The van der Waals surface area contributed by atoms with Crippen LogP contribution in [0, 0.1) is 0 Å². The second-order valence-electron chi connectivity index (χ2n) is 2.43. The molecular weight excluding hydrogens is 187 g/mol. The lowest BCUT2D eigenvalue weighted by Crippen LogP contribution is -1.96. The van der Waals surface area contributed by atoms with E-state index in [1.807, 2.05) is 24.3 Å². The Morgan fingerprint density at radius 3 is 2.50 bits per heavy atom. The molecular formula is C9H11OPS. The van der Waals surface area contributed by atoms with Gasteiger partial charge in [-0.1, -0.05) is 18.7 Å². The van der Waals surface area contributed by atoms with E-state index in [1.54, 1.807) is 0 Å². The highest BCUT2D eigenvalue weighted by Gasteiger charge is 1.91. The van der Waals surface area contributed by atoms with Crippen molar-refractivity contribution in [3.8, 4) is 5.75 Å². The van der Waals surface area contributed by atoms with Gasteiger partial charge in [-0.15, -0.1) is 0 Å². The molecule has 12 heavy (non-hydrogen) atoms. The van der Waals surface area contributed by atoms with Crippen LogP contribution in [-0.2, 0) is 11.8 Å². The zero-order valence-corrected chi connectivity index (χ0v) is 8.70. The number of hydrogen-bond acceptors (Lipinski definition) is 2. The Labute approximate surface area is 79.6 Å². The normalized spacial score (nSPS) is 10.1. The average Bonchev–Trinajstić information content (AvgIpc) is 2.15. The lowest BCUT2D eigenvalue weighted by atomic mass is 10.3. The summed E-state index contributed by atoms with van der Waals surface area (Å²) in [7, 11) is 0.893. The Bertz CT molecular complexity index is 245. The van der Waals surface area contributed by atoms with Gasteiger partial charge >= 0.3 is 0 Å². The summed E-state index contributed by atoms with van der Waals surface area (Å²) in [5.74, 6) is 0.930. The summed E-state index contributed by atoms with van der Waals surface area (Å²) in [6.45, 7) is 2.88. The van der Waals surface area contributed by atoms with Gasteiger partial charge < -0.3 is 4.74 Å². The molecule has 0 atom stereocenters. The number of hydrogen-bond donors (Lipinski definition) is 0. The van der Waals surface area contributed by atoms with Gasteiger partial charge in [0.25, 0.3) is 0 Å². The number of benzene rings is 1. The highest BCUT2D eigenvalue weighted by molar-refractivity contribution is 7.99. The molecule has 1 nitrogen and oxygen atoms in total. The van der Waals surface area contributed by atoms with Crippen LogP contribution in [0.15, 0.2) is 24.3 Å². The van der Waals surface area contributed by atoms with E-state index >= 15 is 0 Å². The number of ether oxygens (including phenoxy) is 1. The second kappa shape index (κ2) is 5.23. The minimum absolute atomic E-state index is 0.783. The van der Waals surface area contributed by atoms with Crippen LogP contribution in [0.3, 0.4) is 0 Å². The second-order valence-corrected chi connectivity index (χ2v) is 3.68. The van der Waals surface area contributed by atoms with Crippen molar-refractivity contribution in [3.05, 3.63) is 24.3 Å². The number of rotatable bonds is 4. The summed E-state index contributed by atoms with van der Waals surface area (Å²) in [6.07, 6.45) is 1.04. The lowest BCUT2D eigenvalue weighted by molar-refractivity contribution is 0.317. The molecule has 64 valence electrons. The first-order valence-corrected chi connectivity index (χ1v) is 5.84. The predicted molar refractivity (Wildman–Crippen MR) is 56.1 cm³/mol. The molecule has 0 spiro atoms.